The number of hydrogen-bond acceptors (Lipinski definition) is 2. The molecular weight excluding hydrogens is 218 g/mol. The highest BCUT2D eigenvalue weighted by molar-refractivity contribution is 9.09. The number of aliphatic imine (C=N–C) groups is 1. The smallest absolute Gasteiger partial charge is 0.217 e. The van der Waals surface area contributed by atoms with Gasteiger partial charge >= 0.3 is 0 Å². The van der Waals surface area contributed by atoms with Crippen molar-refractivity contribution in [1.82, 2.24) is 0 Å². The van der Waals surface area contributed by atoms with Crippen LogP contribution in [0.4, 0.5) is 0 Å². The summed E-state index contributed by atoms with van der Waals surface area (Å²) in [6.45, 7) is 0.629. The lowest BCUT2D eigenvalue weighted by Gasteiger charge is -1.98. The molecule has 62 valence electrons. The monoisotopic (exact) mass is 225 g/mol. The van der Waals surface area contributed by atoms with Gasteiger partial charge in [0, 0.05) is 5.56 Å². The highest BCUT2D eigenvalue weighted by atomic mass is 79.9. The van der Waals surface area contributed by atoms with Crippen molar-refractivity contribution >= 4 is 21.8 Å². The second-order valence-electron chi connectivity index (χ2n) is 2.55. The predicted octanol–water partition coefficient (Wildman–Crippen LogP) is 2.18. The molecule has 1 aromatic carbocycles. The number of nitrogens with zero attached hydrogens (tertiary/aromatic N) is 1. The van der Waals surface area contributed by atoms with Crippen LogP contribution in [0.3, 0.4) is 0 Å². The Bertz CT molecular complexity index is 297. The molecule has 0 saturated heterocycles. The van der Waals surface area contributed by atoms with Gasteiger partial charge in [-0.1, -0.05) is 34.1 Å². The second-order valence-corrected chi connectivity index (χ2v) is 3.60. The molecule has 0 fully saturated rings. The Morgan fingerprint density at radius 2 is 2.08 bits per heavy atom. The first-order chi connectivity index (χ1) is 5.86. The van der Waals surface area contributed by atoms with Crippen molar-refractivity contribution < 1.29 is 4.74 Å². The third-order valence-electron chi connectivity index (χ3n) is 1.64. The van der Waals surface area contributed by atoms with Crippen molar-refractivity contribution in [1.29, 1.82) is 0 Å². The first-order valence-electron chi connectivity index (χ1n) is 3.76. The van der Waals surface area contributed by atoms with Gasteiger partial charge in [0.05, 0.1) is 0 Å². The van der Waals surface area contributed by atoms with Gasteiger partial charge in [0.25, 0.3) is 0 Å². The van der Waals surface area contributed by atoms with Crippen LogP contribution in [0.5, 0.6) is 0 Å². The van der Waals surface area contributed by atoms with Gasteiger partial charge < -0.3 is 4.74 Å². The number of alkyl halides is 1. The van der Waals surface area contributed by atoms with Crippen molar-refractivity contribution in [2.24, 2.45) is 4.99 Å². The molecule has 0 radical (unpaired) electrons. The highest BCUT2D eigenvalue weighted by Crippen LogP contribution is 2.15. The van der Waals surface area contributed by atoms with Crippen LogP contribution in [0.2, 0.25) is 0 Å². The second kappa shape index (κ2) is 3.27. The SMILES string of the molecule is BrC1COC(c2ccccc2)=N1. The molecule has 0 N–H and O–H groups in total. The highest BCUT2D eigenvalue weighted by Gasteiger charge is 2.16. The molecule has 1 unspecified atom stereocenters. The molecule has 1 atom stereocenters. The normalized spacial score (nSPS) is 21.8. The Kier molecular flexibility index (Phi) is 2.13. The molecule has 1 aromatic rings. The predicted molar refractivity (Wildman–Crippen MR) is 51.6 cm³/mol. The summed E-state index contributed by atoms with van der Waals surface area (Å²) in [6.07, 6.45) is 0. The summed E-state index contributed by atoms with van der Waals surface area (Å²) in [5, 5.41) is 0. The van der Waals surface area contributed by atoms with Gasteiger partial charge in [-0.15, -0.1) is 0 Å². The third-order valence-corrected chi connectivity index (χ3v) is 2.10. The van der Waals surface area contributed by atoms with E-state index >= 15 is 0 Å². The van der Waals surface area contributed by atoms with Crippen LogP contribution in [0.15, 0.2) is 35.3 Å². The van der Waals surface area contributed by atoms with Gasteiger partial charge in [-0.05, 0) is 12.1 Å². The van der Waals surface area contributed by atoms with Gasteiger partial charge in [-0.2, -0.15) is 0 Å². The molecule has 3 heteroatoms. The summed E-state index contributed by atoms with van der Waals surface area (Å²) in [5.74, 6) is 0.734. The van der Waals surface area contributed by atoms with E-state index in [2.05, 4.69) is 20.9 Å². The molecule has 0 saturated carbocycles. The molecule has 0 aromatic heterocycles. The van der Waals surface area contributed by atoms with Crippen LogP contribution in [-0.2, 0) is 4.74 Å². The maximum absolute atomic E-state index is 5.35. The van der Waals surface area contributed by atoms with E-state index in [-0.39, 0.29) is 4.95 Å². The van der Waals surface area contributed by atoms with E-state index in [0.29, 0.717) is 6.61 Å². The molecule has 2 rings (SSSR count). The van der Waals surface area contributed by atoms with Crippen LogP contribution in [0.25, 0.3) is 0 Å². The van der Waals surface area contributed by atoms with Crippen molar-refractivity contribution in [2.45, 2.75) is 4.95 Å². The zero-order valence-corrected chi connectivity index (χ0v) is 7.99. The molecule has 0 bridgehead atoms. The molecule has 1 aliphatic heterocycles. The lowest BCUT2D eigenvalue weighted by Crippen LogP contribution is -2.00. The van der Waals surface area contributed by atoms with Gasteiger partial charge in [-0.3, -0.25) is 0 Å². The largest absolute Gasteiger partial charge is 0.474 e. The zero-order chi connectivity index (χ0) is 8.39. The quantitative estimate of drug-likeness (QED) is 0.531. The van der Waals surface area contributed by atoms with Gasteiger partial charge in [0.2, 0.25) is 5.90 Å². The van der Waals surface area contributed by atoms with E-state index in [4.69, 9.17) is 4.74 Å². The fraction of sp³-hybridized carbons (Fsp3) is 0.222. The molecule has 0 spiro atoms. The third kappa shape index (κ3) is 1.50. The number of halogens is 1. The number of ether oxygens (including phenoxy) is 1. The molecule has 0 amide bonds. The van der Waals surface area contributed by atoms with Gasteiger partial charge in [0.1, 0.15) is 11.6 Å². The molecule has 0 aliphatic carbocycles. The van der Waals surface area contributed by atoms with Crippen molar-refractivity contribution in [3.8, 4) is 0 Å². The Hall–Kier alpha value is -0.830. The fourth-order valence-corrected chi connectivity index (χ4v) is 1.41. The van der Waals surface area contributed by atoms with Crippen molar-refractivity contribution in [3.63, 3.8) is 0 Å². The van der Waals surface area contributed by atoms with E-state index in [9.17, 15) is 0 Å². The molecule has 1 aliphatic rings. The summed E-state index contributed by atoms with van der Waals surface area (Å²) in [5.41, 5.74) is 1.04. The average Bonchev–Trinajstić information content (AvgIpc) is 2.54. The maximum atomic E-state index is 5.35. The summed E-state index contributed by atoms with van der Waals surface area (Å²) in [6, 6.07) is 9.91. The van der Waals surface area contributed by atoms with Crippen LogP contribution in [0.1, 0.15) is 5.56 Å². The molecular formula is C9H8BrNO. The molecule has 12 heavy (non-hydrogen) atoms. The Labute approximate surface area is 79.4 Å². The van der Waals surface area contributed by atoms with E-state index in [1.165, 1.54) is 0 Å². The lowest BCUT2D eigenvalue weighted by molar-refractivity contribution is 0.343. The fourth-order valence-electron chi connectivity index (χ4n) is 1.09. The Morgan fingerprint density at radius 1 is 1.33 bits per heavy atom. The standard InChI is InChI=1S/C9H8BrNO/c10-8-6-12-9(11-8)7-4-2-1-3-5-7/h1-5,8H,6H2. The van der Waals surface area contributed by atoms with E-state index in [0.717, 1.165) is 11.5 Å². The van der Waals surface area contributed by atoms with Gasteiger partial charge in [-0.25, -0.2) is 4.99 Å². The number of benzene rings is 1. The summed E-state index contributed by atoms with van der Waals surface area (Å²) >= 11 is 3.36. The van der Waals surface area contributed by atoms with E-state index in [1.54, 1.807) is 0 Å². The number of hydrogen-bond donors (Lipinski definition) is 0. The summed E-state index contributed by atoms with van der Waals surface area (Å²) in [7, 11) is 0. The minimum Gasteiger partial charge on any atom is -0.474 e. The first-order valence-corrected chi connectivity index (χ1v) is 4.68. The Balaban J connectivity index is 2.27. The maximum Gasteiger partial charge on any atom is 0.217 e. The van der Waals surface area contributed by atoms with Crippen LogP contribution < -0.4 is 0 Å². The number of rotatable bonds is 1. The molecule has 1 heterocycles. The van der Waals surface area contributed by atoms with Crippen molar-refractivity contribution in [2.75, 3.05) is 6.61 Å². The lowest BCUT2D eigenvalue weighted by atomic mass is 10.2. The van der Waals surface area contributed by atoms with E-state index < -0.39 is 0 Å². The summed E-state index contributed by atoms with van der Waals surface area (Å²) in [4.78, 5) is 4.39. The summed E-state index contributed by atoms with van der Waals surface area (Å²) < 4.78 is 5.35. The Morgan fingerprint density at radius 3 is 2.67 bits per heavy atom. The van der Waals surface area contributed by atoms with Crippen LogP contribution in [0, 0.1) is 0 Å². The average molecular weight is 226 g/mol. The molecule has 2 nitrogen and oxygen atoms in total. The van der Waals surface area contributed by atoms with Crippen molar-refractivity contribution in [3.05, 3.63) is 35.9 Å². The minimum absolute atomic E-state index is 0.118. The van der Waals surface area contributed by atoms with Crippen LogP contribution in [-0.4, -0.2) is 17.5 Å². The minimum atomic E-state index is 0.118. The first kappa shape index (κ1) is 7.80. The van der Waals surface area contributed by atoms with Crippen LogP contribution >= 0.6 is 15.9 Å². The topological polar surface area (TPSA) is 21.6 Å². The zero-order valence-electron chi connectivity index (χ0n) is 6.40. The van der Waals surface area contributed by atoms with Gasteiger partial charge in [0.15, 0.2) is 0 Å². The van der Waals surface area contributed by atoms with E-state index in [1.807, 2.05) is 30.3 Å².